The summed E-state index contributed by atoms with van der Waals surface area (Å²) in [6.45, 7) is 3.71. The molecule has 0 spiro atoms. The minimum atomic E-state index is 0.338. The van der Waals surface area contributed by atoms with E-state index in [0.29, 0.717) is 6.04 Å². The van der Waals surface area contributed by atoms with E-state index in [4.69, 9.17) is 5.73 Å². The summed E-state index contributed by atoms with van der Waals surface area (Å²) >= 11 is 0. The molecule has 0 amide bonds. The minimum Gasteiger partial charge on any atom is -0.328 e. The minimum absolute atomic E-state index is 0.338. The van der Waals surface area contributed by atoms with Crippen molar-refractivity contribution >= 4 is 0 Å². The second kappa shape index (κ2) is 7.24. The fraction of sp³-hybridized carbons (Fsp3) is 0.429. The average Bonchev–Trinajstić information content (AvgIpc) is 2.28. The standard InChI is InChI=1S/C14H21N/c1-2-3-5-10-14(15)12-11-13-8-6-4-7-9-13/h2,4,6-9,14H,1,3,5,10-12,15H2. The van der Waals surface area contributed by atoms with E-state index in [0.717, 1.165) is 25.7 Å². The monoisotopic (exact) mass is 203 g/mol. The maximum atomic E-state index is 6.03. The lowest BCUT2D eigenvalue weighted by atomic mass is 10.0. The van der Waals surface area contributed by atoms with Crippen molar-refractivity contribution in [1.29, 1.82) is 0 Å². The van der Waals surface area contributed by atoms with Gasteiger partial charge in [-0.05, 0) is 37.7 Å². The lowest BCUT2D eigenvalue weighted by molar-refractivity contribution is 0.549. The summed E-state index contributed by atoms with van der Waals surface area (Å²) in [6, 6.07) is 10.9. The number of allylic oxidation sites excluding steroid dienone is 1. The van der Waals surface area contributed by atoms with Gasteiger partial charge < -0.3 is 5.73 Å². The highest BCUT2D eigenvalue weighted by atomic mass is 14.6. The van der Waals surface area contributed by atoms with Crippen LogP contribution in [-0.2, 0) is 6.42 Å². The third-order valence-corrected chi connectivity index (χ3v) is 2.63. The molecule has 1 atom stereocenters. The predicted octanol–water partition coefficient (Wildman–Crippen LogP) is 3.30. The van der Waals surface area contributed by atoms with Crippen molar-refractivity contribution in [2.24, 2.45) is 5.73 Å². The topological polar surface area (TPSA) is 26.0 Å². The molecule has 15 heavy (non-hydrogen) atoms. The molecule has 0 saturated heterocycles. The van der Waals surface area contributed by atoms with Gasteiger partial charge in [0.05, 0.1) is 0 Å². The first-order valence-electron chi connectivity index (χ1n) is 5.73. The third kappa shape index (κ3) is 5.38. The summed E-state index contributed by atoms with van der Waals surface area (Å²) in [7, 11) is 0. The van der Waals surface area contributed by atoms with Crippen LogP contribution >= 0.6 is 0 Å². The Hall–Kier alpha value is -1.08. The molecule has 0 radical (unpaired) electrons. The SMILES string of the molecule is C=CCCCC(N)CCc1ccccc1. The fourth-order valence-corrected chi connectivity index (χ4v) is 1.67. The van der Waals surface area contributed by atoms with Gasteiger partial charge in [0.2, 0.25) is 0 Å². The first-order chi connectivity index (χ1) is 7.33. The molecule has 0 aliphatic heterocycles. The highest BCUT2D eigenvalue weighted by Crippen LogP contribution is 2.08. The number of aryl methyl sites for hydroxylation is 1. The Morgan fingerprint density at radius 3 is 2.60 bits per heavy atom. The zero-order chi connectivity index (χ0) is 10.9. The molecule has 0 aromatic heterocycles. The van der Waals surface area contributed by atoms with Crippen molar-refractivity contribution in [2.45, 2.75) is 38.1 Å². The summed E-state index contributed by atoms with van der Waals surface area (Å²) in [4.78, 5) is 0. The zero-order valence-corrected chi connectivity index (χ0v) is 9.36. The van der Waals surface area contributed by atoms with Crippen LogP contribution in [0.4, 0.5) is 0 Å². The van der Waals surface area contributed by atoms with Gasteiger partial charge in [-0.2, -0.15) is 0 Å². The van der Waals surface area contributed by atoms with Gasteiger partial charge in [0.15, 0.2) is 0 Å². The van der Waals surface area contributed by atoms with Crippen LogP contribution in [0.2, 0.25) is 0 Å². The second-order valence-corrected chi connectivity index (χ2v) is 4.00. The molecule has 1 unspecified atom stereocenters. The van der Waals surface area contributed by atoms with E-state index >= 15 is 0 Å². The van der Waals surface area contributed by atoms with E-state index < -0.39 is 0 Å². The van der Waals surface area contributed by atoms with Crippen LogP contribution in [0.5, 0.6) is 0 Å². The molecule has 0 heterocycles. The molecule has 0 bridgehead atoms. The van der Waals surface area contributed by atoms with Gasteiger partial charge in [0, 0.05) is 6.04 Å². The van der Waals surface area contributed by atoms with Crippen LogP contribution in [-0.4, -0.2) is 6.04 Å². The third-order valence-electron chi connectivity index (χ3n) is 2.63. The summed E-state index contributed by atoms with van der Waals surface area (Å²) in [6.07, 6.45) is 7.50. The van der Waals surface area contributed by atoms with E-state index in [1.807, 2.05) is 12.1 Å². The molecule has 1 nitrogen and oxygen atoms in total. The van der Waals surface area contributed by atoms with Gasteiger partial charge in [0.1, 0.15) is 0 Å². The van der Waals surface area contributed by atoms with E-state index in [-0.39, 0.29) is 0 Å². The summed E-state index contributed by atoms with van der Waals surface area (Å²) < 4.78 is 0. The van der Waals surface area contributed by atoms with E-state index in [2.05, 4.69) is 30.8 Å². The van der Waals surface area contributed by atoms with Crippen LogP contribution < -0.4 is 5.73 Å². The Balaban J connectivity index is 2.16. The Kier molecular flexibility index (Phi) is 5.79. The summed E-state index contributed by atoms with van der Waals surface area (Å²) in [5.74, 6) is 0. The van der Waals surface area contributed by atoms with Crippen molar-refractivity contribution in [3.05, 3.63) is 48.6 Å². The molecule has 1 heteroatoms. The van der Waals surface area contributed by atoms with Gasteiger partial charge >= 0.3 is 0 Å². The van der Waals surface area contributed by atoms with Gasteiger partial charge in [-0.1, -0.05) is 36.4 Å². The molecule has 2 N–H and O–H groups in total. The van der Waals surface area contributed by atoms with E-state index in [9.17, 15) is 0 Å². The summed E-state index contributed by atoms with van der Waals surface area (Å²) in [5.41, 5.74) is 7.41. The first-order valence-corrected chi connectivity index (χ1v) is 5.73. The van der Waals surface area contributed by atoms with Gasteiger partial charge in [-0.15, -0.1) is 6.58 Å². The maximum absolute atomic E-state index is 6.03. The number of benzene rings is 1. The molecular formula is C14H21N. The molecule has 0 aliphatic carbocycles. The lowest BCUT2D eigenvalue weighted by Gasteiger charge is -2.10. The maximum Gasteiger partial charge on any atom is 0.00421 e. The van der Waals surface area contributed by atoms with Gasteiger partial charge in [-0.25, -0.2) is 0 Å². The number of hydrogen-bond acceptors (Lipinski definition) is 1. The number of unbranched alkanes of at least 4 members (excludes halogenated alkanes) is 1. The molecule has 0 saturated carbocycles. The second-order valence-electron chi connectivity index (χ2n) is 4.00. The average molecular weight is 203 g/mol. The highest BCUT2D eigenvalue weighted by molar-refractivity contribution is 5.14. The van der Waals surface area contributed by atoms with Crippen LogP contribution in [0.25, 0.3) is 0 Å². The van der Waals surface area contributed by atoms with Crippen LogP contribution in [0.15, 0.2) is 43.0 Å². The Bertz CT molecular complexity index is 266. The van der Waals surface area contributed by atoms with Crippen LogP contribution in [0, 0.1) is 0 Å². The van der Waals surface area contributed by atoms with Gasteiger partial charge in [0.25, 0.3) is 0 Å². The van der Waals surface area contributed by atoms with Crippen molar-refractivity contribution in [1.82, 2.24) is 0 Å². The largest absolute Gasteiger partial charge is 0.328 e. The fourth-order valence-electron chi connectivity index (χ4n) is 1.67. The molecule has 0 fully saturated rings. The van der Waals surface area contributed by atoms with Gasteiger partial charge in [-0.3, -0.25) is 0 Å². The zero-order valence-electron chi connectivity index (χ0n) is 9.36. The molecule has 1 aromatic rings. The number of rotatable bonds is 7. The summed E-state index contributed by atoms with van der Waals surface area (Å²) in [5, 5.41) is 0. The van der Waals surface area contributed by atoms with Crippen LogP contribution in [0.3, 0.4) is 0 Å². The van der Waals surface area contributed by atoms with Crippen molar-refractivity contribution in [2.75, 3.05) is 0 Å². The van der Waals surface area contributed by atoms with Crippen molar-refractivity contribution < 1.29 is 0 Å². The van der Waals surface area contributed by atoms with E-state index in [1.165, 1.54) is 12.0 Å². The van der Waals surface area contributed by atoms with E-state index in [1.54, 1.807) is 0 Å². The highest BCUT2D eigenvalue weighted by Gasteiger charge is 2.01. The molecule has 1 rings (SSSR count). The smallest absolute Gasteiger partial charge is 0.00421 e. The van der Waals surface area contributed by atoms with Crippen molar-refractivity contribution in [3.8, 4) is 0 Å². The normalized spacial score (nSPS) is 12.3. The quantitative estimate of drug-likeness (QED) is 0.534. The molecule has 0 aliphatic rings. The lowest BCUT2D eigenvalue weighted by Crippen LogP contribution is -2.20. The Labute approximate surface area is 93.0 Å². The number of hydrogen-bond donors (Lipinski definition) is 1. The molecular weight excluding hydrogens is 182 g/mol. The molecule has 1 aromatic carbocycles. The first kappa shape index (κ1) is 12.0. The predicted molar refractivity (Wildman–Crippen MR) is 66.8 cm³/mol. The van der Waals surface area contributed by atoms with Crippen LogP contribution in [0.1, 0.15) is 31.2 Å². The van der Waals surface area contributed by atoms with Crippen molar-refractivity contribution in [3.63, 3.8) is 0 Å². The molecule has 82 valence electrons. The number of nitrogens with two attached hydrogens (primary N) is 1. The Morgan fingerprint density at radius 2 is 1.93 bits per heavy atom. The Morgan fingerprint density at radius 1 is 1.20 bits per heavy atom.